The Bertz CT molecular complexity index is 650. The molecule has 4 nitrogen and oxygen atoms in total. The van der Waals surface area contributed by atoms with Crippen molar-refractivity contribution < 1.29 is 0 Å². The second-order valence-corrected chi connectivity index (χ2v) is 3.75. The van der Waals surface area contributed by atoms with Crippen LogP contribution in [0.1, 0.15) is 11.1 Å². The minimum absolute atomic E-state index is 0.0663. The van der Waals surface area contributed by atoms with Crippen LogP contribution in [0.3, 0.4) is 0 Å². The number of aromatic nitrogens is 2. The van der Waals surface area contributed by atoms with Gasteiger partial charge in [-0.25, -0.2) is 4.98 Å². The summed E-state index contributed by atoms with van der Waals surface area (Å²) in [6.45, 7) is 0.830. The average molecular weight is 239 g/mol. The van der Waals surface area contributed by atoms with Crippen LogP contribution >= 0.6 is 0 Å². The first-order valence-electron chi connectivity index (χ1n) is 5.58. The van der Waals surface area contributed by atoms with Gasteiger partial charge in [-0.1, -0.05) is 24.0 Å². The van der Waals surface area contributed by atoms with Crippen molar-refractivity contribution in [1.29, 1.82) is 0 Å². The lowest BCUT2D eigenvalue weighted by Gasteiger charge is -2.04. The van der Waals surface area contributed by atoms with Gasteiger partial charge < -0.3 is 5.73 Å². The van der Waals surface area contributed by atoms with Crippen LogP contribution in [0.15, 0.2) is 47.7 Å². The Hall–Kier alpha value is -2.38. The lowest BCUT2D eigenvalue weighted by Crippen LogP contribution is -2.19. The third-order valence-corrected chi connectivity index (χ3v) is 2.41. The molecule has 0 aliphatic rings. The average Bonchev–Trinajstić information content (AvgIpc) is 2.40. The molecule has 4 heteroatoms. The molecule has 2 rings (SSSR count). The first kappa shape index (κ1) is 12.1. The van der Waals surface area contributed by atoms with Gasteiger partial charge in [0.05, 0.1) is 19.4 Å². The van der Waals surface area contributed by atoms with Gasteiger partial charge in [-0.05, 0) is 17.7 Å². The molecule has 90 valence electrons. The molecule has 0 aliphatic heterocycles. The normalized spacial score (nSPS) is 9.61. The fourth-order valence-electron chi connectivity index (χ4n) is 1.59. The molecular formula is C14H13N3O. The summed E-state index contributed by atoms with van der Waals surface area (Å²) < 4.78 is 1.55. The van der Waals surface area contributed by atoms with Gasteiger partial charge in [-0.3, -0.25) is 9.36 Å². The summed E-state index contributed by atoms with van der Waals surface area (Å²) >= 11 is 0. The molecule has 0 atom stereocenters. The second-order valence-electron chi connectivity index (χ2n) is 3.75. The van der Waals surface area contributed by atoms with Gasteiger partial charge in [-0.2, -0.15) is 0 Å². The first-order valence-corrected chi connectivity index (χ1v) is 5.58. The van der Waals surface area contributed by atoms with Crippen LogP contribution in [-0.4, -0.2) is 16.1 Å². The van der Waals surface area contributed by atoms with Crippen LogP contribution in [0, 0.1) is 11.8 Å². The number of hydrogen-bond donors (Lipinski definition) is 1. The molecule has 0 spiro atoms. The zero-order valence-corrected chi connectivity index (χ0v) is 9.84. The summed E-state index contributed by atoms with van der Waals surface area (Å²) in [5.74, 6) is 5.77. The van der Waals surface area contributed by atoms with Crippen molar-refractivity contribution in [3.8, 4) is 11.8 Å². The minimum atomic E-state index is -0.0663. The third-order valence-electron chi connectivity index (χ3n) is 2.41. The zero-order chi connectivity index (χ0) is 12.8. The van der Waals surface area contributed by atoms with E-state index in [1.807, 2.05) is 24.3 Å². The lowest BCUT2D eigenvalue weighted by atomic mass is 10.1. The summed E-state index contributed by atoms with van der Waals surface area (Å²) in [7, 11) is 0. The first-order chi connectivity index (χ1) is 8.79. The van der Waals surface area contributed by atoms with E-state index in [0.717, 1.165) is 11.1 Å². The third kappa shape index (κ3) is 3.06. The molecule has 1 heterocycles. The molecule has 0 saturated carbocycles. The van der Waals surface area contributed by atoms with Gasteiger partial charge in [0.15, 0.2) is 0 Å². The predicted octanol–water partition coefficient (Wildman–Crippen LogP) is 0.602. The molecule has 1 aromatic carbocycles. The van der Waals surface area contributed by atoms with Crippen molar-refractivity contribution in [1.82, 2.24) is 9.55 Å². The van der Waals surface area contributed by atoms with E-state index in [-0.39, 0.29) is 5.56 Å². The quantitative estimate of drug-likeness (QED) is 0.781. The molecule has 1 aromatic heterocycles. The van der Waals surface area contributed by atoms with Crippen LogP contribution in [0.4, 0.5) is 0 Å². The van der Waals surface area contributed by atoms with Gasteiger partial charge in [0.2, 0.25) is 0 Å². The lowest BCUT2D eigenvalue weighted by molar-refractivity contribution is 0.736. The number of benzene rings is 1. The molecule has 0 aliphatic carbocycles. The summed E-state index contributed by atoms with van der Waals surface area (Å²) in [5.41, 5.74) is 7.17. The molecule has 0 fully saturated rings. The summed E-state index contributed by atoms with van der Waals surface area (Å²) in [6.07, 6.45) is 3.02. The van der Waals surface area contributed by atoms with Crippen molar-refractivity contribution in [2.24, 2.45) is 5.73 Å². The van der Waals surface area contributed by atoms with E-state index in [4.69, 9.17) is 5.73 Å². The Morgan fingerprint density at radius 3 is 3.00 bits per heavy atom. The van der Waals surface area contributed by atoms with Crippen LogP contribution in [-0.2, 0) is 6.54 Å². The molecule has 0 unspecified atom stereocenters. The van der Waals surface area contributed by atoms with Crippen molar-refractivity contribution >= 4 is 0 Å². The molecule has 0 radical (unpaired) electrons. The van der Waals surface area contributed by atoms with E-state index in [1.54, 1.807) is 4.57 Å². The molecular weight excluding hydrogens is 226 g/mol. The Morgan fingerprint density at radius 2 is 2.22 bits per heavy atom. The Morgan fingerprint density at radius 1 is 1.33 bits per heavy atom. The van der Waals surface area contributed by atoms with E-state index in [1.165, 1.54) is 18.6 Å². The van der Waals surface area contributed by atoms with E-state index in [2.05, 4.69) is 16.8 Å². The maximum absolute atomic E-state index is 11.6. The highest BCUT2D eigenvalue weighted by molar-refractivity contribution is 5.37. The van der Waals surface area contributed by atoms with Crippen molar-refractivity contribution in [3.63, 3.8) is 0 Å². The van der Waals surface area contributed by atoms with Crippen LogP contribution in [0.2, 0.25) is 0 Å². The number of nitrogens with zero attached hydrogens (tertiary/aromatic N) is 2. The fourth-order valence-corrected chi connectivity index (χ4v) is 1.59. The number of hydrogen-bond acceptors (Lipinski definition) is 3. The SMILES string of the molecule is NCC#Cc1cccc(Cn2cnccc2=O)c1. The molecule has 18 heavy (non-hydrogen) atoms. The zero-order valence-electron chi connectivity index (χ0n) is 9.84. The largest absolute Gasteiger partial charge is 0.320 e. The topological polar surface area (TPSA) is 60.9 Å². The highest BCUT2D eigenvalue weighted by atomic mass is 16.1. The predicted molar refractivity (Wildman–Crippen MR) is 70.0 cm³/mol. The highest BCUT2D eigenvalue weighted by Crippen LogP contribution is 2.05. The smallest absolute Gasteiger partial charge is 0.253 e. The monoisotopic (exact) mass is 239 g/mol. The van der Waals surface area contributed by atoms with Crippen LogP contribution < -0.4 is 11.3 Å². The Balaban J connectivity index is 2.25. The van der Waals surface area contributed by atoms with Gasteiger partial charge in [0.1, 0.15) is 0 Å². The van der Waals surface area contributed by atoms with Gasteiger partial charge in [0.25, 0.3) is 5.56 Å². The summed E-state index contributed by atoms with van der Waals surface area (Å²) in [5, 5.41) is 0. The molecule has 2 N–H and O–H groups in total. The standard InChI is InChI=1S/C14H13N3O/c15-7-2-5-12-3-1-4-13(9-12)10-17-11-16-8-6-14(17)18/h1,3-4,6,8-9,11H,7,10,15H2. The fraction of sp³-hybridized carbons (Fsp3) is 0.143. The van der Waals surface area contributed by atoms with Gasteiger partial charge in [0, 0.05) is 17.8 Å². The van der Waals surface area contributed by atoms with Crippen molar-refractivity contribution in [2.75, 3.05) is 6.54 Å². The van der Waals surface area contributed by atoms with Crippen LogP contribution in [0.5, 0.6) is 0 Å². The van der Waals surface area contributed by atoms with E-state index < -0.39 is 0 Å². The van der Waals surface area contributed by atoms with E-state index >= 15 is 0 Å². The van der Waals surface area contributed by atoms with Gasteiger partial charge >= 0.3 is 0 Å². The second kappa shape index (κ2) is 5.80. The highest BCUT2D eigenvalue weighted by Gasteiger charge is 1.98. The minimum Gasteiger partial charge on any atom is -0.320 e. The Labute approximate surface area is 105 Å². The maximum Gasteiger partial charge on any atom is 0.253 e. The van der Waals surface area contributed by atoms with Crippen molar-refractivity contribution in [3.05, 3.63) is 64.3 Å². The summed E-state index contributed by atoms with van der Waals surface area (Å²) in [6, 6.07) is 9.17. The van der Waals surface area contributed by atoms with E-state index in [9.17, 15) is 4.79 Å². The van der Waals surface area contributed by atoms with Crippen molar-refractivity contribution in [2.45, 2.75) is 6.54 Å². The number of nitrogens with two attached hydrogens (primary N) is 1. The number of rotatable bonds is 2. The molecule has 0 amide bonds. The van der Waals surface area contributed by atoms with E-state index in [0.29, 0.717) is 13.1 Å². The maximum atomic E-state index is 11.6. The molecule has 0 saturated heterocycles. The summed E-state index contributed by atoms with van der Waals surface area (Å²) in [4.78, 5) is 15.5. The Kier molecular flexibility index (Phi) is 3.90. The van der Waals surface area contributed by atoms with Gasteiger partial charge in [-0.15, -0.1) is 0 Å². The molecule has 0 bridgehead atoms. The molecule has 2 aromatic rings. The van der Waals surface area contributed by atoms with Crippen LogP contribution in [0.25, 0.3) is 0 Å².